The summed E-state index contributed by atoms with van der Waals surface area (Å²) in [6, 6.07) is 5.95. The average Bonchev–Trinajstić information content (AvgIpc) is 2.37. The molecule has 9 heteroatoms. The van der Waals surface area contributed by atoms with Crippen molar-refractivity contribution in [3.63, 3.8) is 0 Å². The highest BCUT2D eigenvalue weighted by Crippen LogP contribution is 2.18. The summed E-state index contributed by atoms with van der Waals surface area (Å²) < 4.78 is 40.8. The number of nitrogens with two attached hydrogens (primary N) is 1. The van der Waals surface area contributed by atoms with Crippen LogP contribution in [0.15, 0.2) is 24.3 Å². The summed E-state index contributed by atoms with van der Waals surface area (Å²) in [4.78, 5) is 21.1. The quantitative estimate of drug-likeness (QED) is 0.692. The summed E-state index contributed by atoms with van der Waals surface area (Å²) in [6.45, 7) is 0.750. The summed E-state index contributed by atoms with van der Waals surface area (Å²) in [7, 11) is 0. The third-order valence-corrected chi connectivity index (χ3v) is 2.29. The number of hydrogen-bond donors (Lipinski definition) is 3. The predicted molar refractivity (Wildman–Crippen MR) is 68.4 cm³/mol. The number of rotatable bonds is 6. The molecule has 0 radical (unpaired) electrons. The molecule has 0 spiro atoms. The van der Waals surface area contributed by atoms with Crippen LogP contribution in [0.5, 0.6) is 0 Å². The van der Waals surface area contributed by atoms with Crippen LogP contribution in [-0.4, -0.2) is 31.3 Å². The van der Waals surface area contributed by atoms with Gasteiger partial charge in [0, 0.05) is 18.8 Å². The molecule has 1 aromatic carbocycles. The molecule has 0 heterocycles. The number of ether oxygens (including phenoxy) is 1. The lowest BCUT2D eigenvalue weighted by atomic mass is 10.2. The lowest BCUT2D eigenvalue weighted by Gasteiger charge is -2.10. The van der Waals surface area contributed by atoms with Gasteiger partial charge in [-0.25, -0.2) is 4.79 Å². The molecule has 0 saturated carbocycles. The Morgan fingerprint density at radius 2 is 2.00 bits per heavy atom. The first-order valence-electron chi connectivity index (χ1n) is 5.89. The summed E-state index contributed by atoms with van der Waals surface area (Å²) in [6.07, 6.45) is -5.81. The van der Waals surface area contributed by atoms with Crippen LogP contribution in [0, 0.1) is 0 Å². The summed E-state index contributed by atoms with van der Waals surface area (Å²) in [5.41, 5.74) is 5.47. The van der Waals surface area contributed by atoms with Crippen molar-refractivity contribution in [2.75, 3.05) is 18.5 Å². The zero-order valence-electron chi connectivity index (χ0n) is 10.9. The van der Waals surface area contributed by atoms with E-state index in [1.807, 2.05) is 0 Å². The number of amides is 2. The first kappa shape index (κ1) is 16.8. The monoisotopic (exact) mass is 305 g/mol. The highest BCUT2D eigenvalue weighted by Gasteiger charge is 2.38. The van der Waals surface area contributed by atoms with Gasteiger partial charge in [0.2, 0.25) is 0 Å². The standard InChI is InChI=1S/C12H14F3N3O3/c13-12(14,15)10(19)18-9-3-1-2-8(6-9)7-17-4-5-21-11(16)20/h1-3,6,17H,4-5,7H2,(H2,16,20)(H,18,19). The Hall–Kier alpha value is -2.29. The fraction of sp³-hybridized carbons (Fsp3) is 0.333. The van der Waals surface area contributed by atoms with Gasteiger partial charge in [0.25, 0.3) is 0 Å². The van der Waals surface area contributed by atoms with Crippen LogP contribution in [0.1, 0.15) is 5.56 Å². The molecule has 4 N–H and O–H groups in total. The van der Waals surface area contributed by atoms with Crippen molar-refractivity contribution in [1.82, 2.24) is 5.32 Å². The lowest BCUT2D eigenvalue weighted by Crippen LogP contribution is -2.30. The second-order valence-electron chi connectivity index (χ2n) is 4.00. The predicted octanol–water partition coefficient (Wildman–Crippen LogP) is 1.37. The van der Waals surface area contributed by atoms with Gasteiger partial charge in [-0.05, 0) is 17.7 Å². The molecular weight excluding hydrogens is 291 g/mol. The van der Waals surface area contributed by atoms with E-state index in [9.17, 15) is 22.8 Å². The number of nitrogens with one attached hydrogen (secondary N) is 2. The van der Waals surface area contributed by atoms with Crippen LogP contribution >= 0.6 is 0 Å². The van der Waals surface area contributed by atoms with Crippen molar-refractivity contribution in [3.05, 3.63) is 29.8 Å². The van der Waals surface area contributed by atoms with Crippen LogP contribution in [0.3, 0.4) is 0 Å². The maximum absolute atomic E-state index is 12.1. The van der Waals surface area contributed by atoms with Crippen LogP contribution in [0.2, 0.25) is 0 Å². The summed E-state index contributed by atoms with van der Waals surface area (Å²) in [5.74, 6) is -2.03. The number of primary amides is 1. The van der Waals surface area contributed by atoms with Crippen molar-refractivity contribution in [1.29, 1.82) is 0 Å². The molecule has 0 atom stereocenters. The van der Waals surface area contributed by atoms with Gasteiger partial charge in [-0.3, -0.25) is 4.79 Å². The van der Waals surface area contributed by atoms with Crippen LogP contribution < -0.4 is 16.4 Å². The van der Waals surface area contributed by atoms with Crippen molar-refractivity contribution < 1.29 is 27.5 Å². The topological polar surface area (TPSA) is 93.5 Å². The minimum absolute atomic E-state index is 0.0463. The number of anilines is 1. The Morgan fingerprint density at radius 1 is 1.29 bits per heavy atom. The second kappa shape index (κ2) is 7.48. The van der Waals surface area contributed by atoms with Crippen molar-refractivity contribution in [2.24, 2.45) is 5.73 Å². The minimum atomic E-state index is -4.93. The third kappa shape index (κ3) is 6.61. The molecule has 21 heavy (non-hydrogen) atoms. The Balaban J connectivity index is 2.45. The highest BCUT2D eigenvalue weighted by atomic mass is 19.4. The molecule has 116 valence electrons. The van der Waals surface area contributed by atoms with E-state index in [1.165, 1.54) is 18.2 Å². The molecule has 2 amide bonds. The van der Waals surface area contributed by atoms with E-state index in [-0.39, 0.29) is 12.3 Å². The first-order valence-corrected chi connectivity index (χ1v) is 5.89. The lowest BCUT2D eigenvalue weighted by molar-refractivity contribution is -0.167. The maximum Gasteiger partial charge on any atom is 0.471 e. The number of carbonyl (C=O) groups excluding carboxylic acids is 2. The minimum Gasteiger partial charge on any atom is -0.448 e. The first-order chi connectivity index (χ1) is 9.79. The number of benzene rings is 1. The van der Waals surface area contributed by atoms with E-state index >= 15 is 0 Å². The summed E-state index contributed by atoms with van der Waals surface area (Å²) in [5, 5.41) is 4.66. The SMILES string of the molecule is NC(=O)OCCNCc1cccc(NC(=O)C(F)(F)F)c1. The molecule has 0 saturated heterocycles. The highest BCUT2D eigenvalue weighted by molar-refractivity contribution is 5.94. The fourth-order valence-electron chi connectivity index (χ4n) is 1.42. The Morgan fingerprint density at radius 3 is 2.62 bits per heavy atom. The molecule has 1 aromatic rings. The van der Waals surface area contributed by atoms with Crippen LogP contribution in [0.25, 0.3) is 0 Å². The van der Waals surface area contributed by atoms with Gasteiger partial charge >= 0.3 is 18.2 Å². The molecule has 0 fully saturated rings. The van der Waals surface area contributed by atoms with Gasteiger partial charge < -0.3 is 21.1 Å². The van der Waals surface area contributed by atoms with Crippen LogP contribution in [0.4, 0.5) is 23.7 Å². The van der Waals surface area contributed by atoms with Gasteiger partial charge in [0.05, 0.1) is 0 Å². The molecule has 0 aliphatic rings. The molecule has 0 aliphatic heterocycles. The smallest absolute Gasteiger partial charge is 0.448 e. The van der Waals surface area contributed by atoms with Crippen LogP contribution in [-0.2, 0) is 16.1 Å². The Labute approximate surface area is 118 Å². The molecule has 0 unspecified atom stereocenters. The second-order valence-corrected chi connectivity index (χ2v) is 4.00. The zero-order chi connectivity index (χ0) is 15.9. The maximum atomic E-state index is 12.1. The molecule has 0 aliphatic carbocycles. The van der Waals surface area contributed by atoms with E-state index in [0.29, 0.717) is 18.7 Å². The Kier molecular flexibility index (Phi) is 5.97. The average molecular weight is 305 g/mol. The largest absolute Gasteiger partial charge is 0.471 e. The van der Waals surface area contributed by atoms with Gasteiger partial charge in [-0.2, -0.15) is 13.2 Å². The number of hydrogen-bond acceptors (Lipinski definition) is 4. The number of carbonyl (C=O) groups is 2. The molecule has 6 nitrogen and oxygen atoms in total. The van der Waals surface area contributed by atoms with E-state index < -0.39 is 18.2 Å². The van der Waals surface area contributed by atoms with Gasteiger partial charge in [-0.1, -0.05) is 12.1 Å². The third-order valence-electron chi connectivity index (χ3n) is 2.29. The number of halogens is 3. The van der Waals surface area contributed by atoms with E-state index in [2.05, 4.69) is 10.1 Å². The van der Waals surface area contributed by atoms with Gasteiger partial charge in [0.15, 0.2) is 0 Å². The zero-order valence-corrected chi connectivity index (χ0v) is 10.9. The van der Waals surface area contributed by atoms with Gasteiger partial charge in [0.1, 0.15) is 6.61 Å². The van der Waals surface area contributed by atoms with E-state index in [4.69, 9.17) is 5.73 Å². The Bertz CT molecular complexity index is 506. The number of alkyl halides is 3. The van der Waals surface area contributed by atoms with E-state index in [0.717, 1.165) is 0 Å². The molecule has 0 aromatic heterocycles. The van der Waals surface area contributed by atoms with Crippen molar-refractivity contribution in [3.8, 4) is 0 Å². The molecular formula is C12H14F3N3O3. The molecule has 0 bridgehead atoms. The summed E-state index contributed by atoms with van der Waals surface area (Å²) >= 11 is 0. The van der Waals surface area contributed by atoms with Gasteiger partial charge in [-0.15, -0.1) is 0 Å². The van der Waals surface area contributed by atoms with Crippen molar-refractivity contribution >= 4 is 17.7 Å². The fourth-order valence-corrected chi connectivity index (χ4v) is 1.42. The van der Waals surface area contributed by atoms with E-state index in [1.54, 1.807) is 11.4 Å². The normalized spacial score (nSPS) is 11.0. The van der Waals surface area contributed by atoms with Crippen molar-refractivity contribution in [2.45, 2.75) is 12.7 Å². The molecule has 1 rings (SSSR count).